The number of nitrogens with zero attached hydrogens (tertiary/aromatic N) is 2. The first-order valence-corrected chi connectivity index (χ1v) is 12.1. The van der Waals surface area contributed by atoms with Gasteiger partial charge in [-0.3, -0.25) is 14.6 Å². The van der Waals surface area contributed by atoms with Crippen LogP contribution in [0.5, 0.6) is 11.5 Å². The lowest BCUT2D eigenvalue weighted by molar-refractivity contribution is -0.117. The van der Waals surface area contributed by atoms with E-state index in [0.29, 0.717) is 29.5 Å². The summed E-state index contributed by atoms with van der Waals surface area (Å²) in [4.78, 5) is 17.0. The Hall–Kier alpha value is -2.42. The highest BCUT2D eigenvalue weighted by molar-refractivity contribution is 7.91. The van der Waals surface area contributed by atoms with E-state index in [9.17, 15) is 13.2 Å². The first kappa shape index (κ1) is 20.8. The van der Waals surface area contributed by atoms with E-state index in [1.54, 1.807) is 0 Å². The summed E-state index contributed by atoms with van der Waals surface area (Å²) in [6.45, 7) is 3.40. The molecule has 0 aliphatic carbocycles. The molecule has 160 valence electrons. The molecule has 1 amide bonds. The molecule has 2 aliphatic rings. The summed E-state index contributed by atoms with van der Waals surface area (Å²) in [5, 5.41) is 2.96. The summed E-state index contributed by atoms with van der Waals surface area (Å²) < 4.78 is 29.3. The predicted molar refractivity (Wildman–Crippen MR) is 117 cm³/mol. The standard InChI is InChI=1S/C22H27N3O4S/c26-22(16-24-11-13-25(14-12-24)18-10-15-30(27,28)17-18)23-20-8-4-5-9-21(20)29-19-6-2-1-3-7-19/h1-9,18H,10-17H2,(H,23,26). The third kappa shape index (κ3) is 5.38. The highest BCUT2D eigenvalue weighted by Crippen LogP contribution is 2.29. The number of nitrogens with one attached hydrogen (secondary N) is 1. The number of rotatable bonds is 6. The quantitative estimate of drug-likeness (QED) is 0.759. The first-order chi connectivity index (χ1) is 14.5. The molecule has 1 N–H and O–H groups in total. The largest absolute Gasteiger partial charge is 0.455 e. The first-order valence-electron chi connectivity index (χ1n) is 10.3. The molecule has 2 heterocycles. The lowest BCUT2D eigenvalue weighted by Crippen LogP contribution is -2.52. The van der Waals surface area contributed by atoms with E-state index in [4.69, 9.17) is 4.74 Å². The second kappa shape index (κ2) is 9.16. The van der Waals surface area contributed by atoms with Crippen molar-refractivity contribution in [3.8, 4) is 11.5 Å². The Bertz CT molecular complexity index is 973. The van der Waals surface area contributed by atoms with E-state index in [2.05, 4.69) is 15.1 Å². The predicted octanol–water partition coefficient (Wildman–Crippen LogP) is 2.22. The molecular weight excluding hydrogens is 402 g/mol. The molecule has 7 nitrogen and oxygen atoms in total. The zero-order chi connectivity index (χ0) is 21.0. The van der Waals surface area contributed by atoms with Gasteiger partial charge in [-0.2, -0.15) is 0 Å². The van der Waals surface area contributed by atoms with Gasteiger partial charge in [0, 0.05) is 32.2 Å². The van der Waals surface area contributed by atoms with Crippen LogP contribution in [-0.2, 0) is 14.6 Å². The topological polar surface area (TPSA) is 79.0 Å². The van der Waals surface area contributed by atoms with Crippen LogP contribution in [0, 0.1) is 0 Å². The monoisotopic (exact) mass is 429 g/mol. The van der Waals surface area contributed by atoms with Crippen molar-refractivity contribution in [1.29, 1.82) is 0 Å². The number of anilines is 1. The van der Waals surface area contributed by atoms with E-state index in [1.807, 2.05) is 54.6 Å². The fourth-order valence-electron chi connectivity index (χ4n) is 4.02. The number of piperazine rings is 1. The van der Waals surface area contributed by atoms with Crippen molar-refractivity contribution >= 4 is 21.4 Å². The van der Waals surface area contributed by atoms with Crippen LogP contribution in [0.3, 0.4) is 0 Å². The van der Waals surface area contributed by atoms with Crippen LogP contribution >= 0.6 is 0 Å². The van der Waals surface area contributed by atoms with Crippen molar-refractivity contribution < 1.29 is 17.9 Å². The Morgan fingerprint density at radius 1 is 1.00 bits per heavy atom. The molecule has 1 unspecified atom stereocenters. The smallest absolute Gasteiger partial charge is 0.238 e. The molecule has 0 saturated carbocycles. The summed E-state index contributed by atoms with van der Waals surface area (Å²) in [5.41, 5.74) is 0.640. The Labute approximate surface area is 177 Å². The van der Waals surface area contributed by atoms with Gasteiger partial charge in [0.1, 0.15) is 5.75 Å². The van der Waals surface area contributed by atoms with Gasteiger partial charge in [-0.1, -0.05) is 30.3 Å². The number of hydrogen-bond acceptors (Lipinski definition) is 6. The van der Waals surface area contributed by atoms with Crippen molar-refractivity contribution in [1.82, 2.24) is 9.80 Å². The number of amides is 1. The summed E-state index contributed by atoms with van der Waals surface area (Å²) in [6, 6.07) is 17.0. The summed E-state index contributed by atoms with van der Waals surface area (Å²) in [7, 11) is -2.87. The van der Waals surface area contributed by atoms with Crippen LogP contribution in [-0.4, -0.2) is 74.4 Å². The van der Waals surface area contributed by atoms with Gasteiger partial charge in [0.2, 0.25) is 5.91 Å². The zero-order valence-electron chi connectivity index (χ0n) is 16.9. The van der Waals surface area contributed by atoms with E-state index < -0.39 is 9.84 Å². The van der Waals surface area contributed by atoms with Crippen LogP contribution in [0.1, 0.15) is 6.42 Å². The maximum absolute atomic E-state index is 12.6. The maximum Gasteiger partial charge on any atom is 0.238 e. The van der Waals surface area contributed by atoms with Crippen molar-refractivity contribution in [3.05, 3.63) is 54.6 Å². The highest BCUT2D eigenvalue weighted by Gasteiger charge is 2.33. The zero-order valence-corrected chi connectivity index (χ0v) is 17.7. The van der Waals surface area contributed by atoms with E-state index >= 15 is 0 Å². The third-order valence-electron chi connectivity index (χ3n) is 5.63. The molecular formula is C22H27N3O4S. The number of carbonyl (C=O) groups excluding carboxylic acids is 1. The Kier molecular flexibility index (Phi) is 6.36. The maximum atomic E-state index is 12.6. The van der Waals surface area contributed by atoms with Crippen molar-refractivity contribution in [2.75, 3.05) is 49.5 Å². The normalized spacial score (nSPS) is 21.9. The molecule has 1 atom stereocenters. The second-order valence-electron chi connectivity index (χ2n) is 7.83. The van der Waals surface area contributed by atoms with Gasteiger partial charge in [0.05, 0.1) is 23.7 Å². The van der Waals surface area contributed by atoms with Gasteiger partial charge in [0.15, 0.2) is 15.6 Å². The lowest BCUT2D eigenvalue weighted by atomic mass is 10.2. The van der Waals surface area contributed by atoms with Gasteiger partial charge in [-0.25, -0.2) is 8.42 Å². The number of para-hydroxylation sites is 3. The molecule has 30 heavy (non-hydrogen) atoms. The number of ether oxygens (including phenoxy) is 1. The van der Waals surface area contributed by atoms with Crippen LogP contribution in [0.15, 0.2) is 54.6 Å². The number of carbonyl (C=O) groups is 1. The summed E-state index contributed by atoms with van der Waals surface area (Å²) in [5.74, 6) is 1.79. The molecule has 0 bridgehead atoms. The third-order valence-corrected chi connectivity index (χ3v) is 7.38. The summed E-state index contributed by atoms with van der Waals surface area (Å²) >= 11 is 0. The molecule has 4 rings (SSSR count). The second-order valence-corrected chi connectivity index (χ2v) is 10.1. The fraction of sp³-hybridized carbons (Fsp3) is 0.409. The van der Waals surface area contributed by atoms with Crippen LogP contribution in [0.25, 0.3) is 0 Å². The molecule has 2 aromatic carbocycles. The van der Waals surface area contributed by atoms with Crippen molar-refractivity contribution in [3.63, 3.8) is 0 Å². The van der Waals surface area contributed by atoms with E-state index in [0.717, 1.165) is 32.6 Å². The van der Waals surface area contributed by atoms with Gasteiger partial charge in [0.25, 0.3) is 0 Å². The molecule has 2 fully saturated rings. The minimum absolute atomic E-state index is 0.0870. The minimum Gasteiger partial charge on any atom is -0.455 e. The van der Waals surface area contributed by atoms with Gasteiger partial charge in [-0.15, -0.1) is 0 Å². The van der Waals surface area contributed by atoms with Crippen LogP contribution in [0.2, 0.25) is 0 Å². The molecule has 2 aliphatic heterocycles. The molecule has 0 aromatic heterocycles. The number of hydrogen-bond donors (Lipinski definition) is 1. The molecule has 8 heteroatoms. The molecule has 0 radical (unpaired) electrons. The van der Waals surface area contributed by atoms with Crippen LogP contribution in [0.4, 0.5) is 5.69 Å². The highest BCUT2D eigenvalue weighted by atomic mass is 32.2. The van der Waals surface area contributed by atoms with E-state index in [-0.39, 0.29) is 17.7 Å². The fourth-order valence-corrected chi connectivity index (χ4v) is 5.78. The molecule has 0 spiro atoms. The number of sulfone groups is 1. The van der Waals surface area contributed by atoms with Gasteiger partial charge >= 0.3 is 0 Å². The average Bonchev–Trinajstić information content (AvgIpc) is 3.10. The van der Waals surface area contributed by atoms with Crippen LogP contribution < -0.4 is 10.1 Å². The van der Waals surface area contributed by atoms with Crippen molar-refractivity contribution in [2.24, 2.45) is 0 Å². The number of benzene rings is 2. The SMILES string of the molecule is O=C(CN1CCN(C2CCS(=O)(=O)C2)CC1)Nc1ccccc1Oc1ccccc1. The van der Waals surface area contributed by atoms with Gasteiger partial charge in [-0.05, 0) is 30.7 Å². The molecule has 2 saturated heterocycles. The Morgan fingerprint density at radius 2 is 1.70 bits per heavy atom. The minimum atomic E-state index is -2.87. The average molecular weight is 430 g/mol. The summed E-state index contributed by atoms with van der Waals surface area (Å²) in [6.07, 6.45) is 0.723. The molecule has 2 aromatic rings. The van der Waals surface area contributed by atoms with Gasteiger partial charge < -0.3 is 10.1 Å². The Morgan fingerprint density at radius 3 is 2.40 bits per heavy atom. The van der Waals surface area contributed by atoms with E-state index in [1.165, 1.54) is 0 Å². The Balaban J connectivity index is 1.29. The van der Waals surface area contributed by atoms with Crippen molar-refractivity contribution in [2.45, 2.75) is 12.5 Å². The lowest BCUT2D eigenvalue weighted by Gasteiger charge is -2.37.